The summed E-state index contributed by atoms with van der Waals surface area (Å²) in [6, 6.07) is 7.26. The van der Waals surface area contributed by atoms with Gasteiger partial charge >= 0.3 is 0 Å². The van der Waals surface area contributed by atoms with Gasteiger partial charge in [0.2, 0.25) is 0 Å². The molecule has 0 heterocycles. The Kier molecular flexibility index (Phi) is 3.68. The third kappa shape index (κ3) is 2.97. The monoisotopic (exact) mass is 181 g/mol. The Morgan fingerprint density at radius 3 is 2.58 bits per heavy atom. The van der Waals surface area contributed by atoms with Crippen LogP contribution in [0.15, 0.2) is 36.9 Å². The zero-order valence-corrected chi connectivity index (χ0v) is 7.42. The zero-order chi connectivity index (χ0) is 8.81. The molecule has 0 N–H and O–H groups in total. The molecule has 0 atom stereocenters. The molecule has 1 radical (unpaired) electrons. The lowest BCUT2D eigenvalue weighted by Gasteiger charge is -2.02. The maximum Gasteiger partial charge on any atom is 0.119 e. The molecule has 1 aromatic rings. The van der Waals surface area contributed by atoms with Crippen LogP contribution in [0.5, 0.6) is 5.75 Å². The minimum absolute atomic E-state index is 0.547. The molecule has 0 bridgehead atoms. The largest absolute Gasteiger partial charge is 0.493 e. The smallest absolute Gasteiger partial charge is 0.119 e. The standard InChI is InChI=1S/C10H10ClO/c1-2-3-8-12-10-6-4-9(11)5-7-10/h2-7H,1,8H2. The predicted molar refractivity (Wildman–Crippen MR) is 51.4 cm³/mol. The van der Waals surface area contributed by atoms with E-state index >= 15 is 0 Å². The molecule has 0 aliphatic rings. The molecule has 0 spiro atoms. The third-order valence-corrected chi connectivity index (χ3v) is 1.58. The summed E-state index contributed by atoms with van der Waals surface area (Å²) in [5.74, 6) is 0.817. The van der Waals surface area contributed by atoms with Crippen molar-refractivity contribution in [1.82, 2.24) is 0 Å². The van der Waals surface area contributed by atoms with Gasteiger partial charge < -0.3 is 4.74 Å². The van der Waals surface area contributed by atoms with E-state index in [1.165, 1.54) is 0 Å². The highest BCUT2D eigenvalue weighted by molar-refractivity contribution is 6.30. The molecule has 1 aromatic carbocycles. The number of hydrogen-bond acceptors (Lipinski definition) is 1. The van der Waals surface area contributed by atoms with Crippen LogP contribution in [0.1, 0.15) is 0 Å². The first kappa shape index (κ1) is 9.14. The molecular formula is C10H10ClO. The Hall–Kier alpha value is -0.950. The minimum atomic E-state index is 0.547. The topological polar surface area (TPSA) is 9.23 Å². The zero-order valence-electron chi connectivity index (χ0n) is 6.66. The van der Waals surface area contributed by atoms with Crippen LogP contribution >= 0.6 is 11.6 Å². The van der Waals surface area contributed by atoms with Crippen LogP contribution in [-0.4, -0.2) is 6.61 Å². The van der Waals surface area contributed by atoms with Crippen LogP contribution in [0.3, 0.4) is 0 Å². The highest BCUT2D eigenvalue weighted by atomic mass is 35.5. The molecular weight excluding hydrogens is 172 g/mol. The second-order valence-electron chi connectivity index (χ2n) is 2.24. The fourth-order valence-corrected chi connectivity index (χ4v) is 0.869. The maximum atomic E-state index is 5.69. The lowest BCUT2D eigenvalue weighted by Crippen LogP contribution is -1.95. The maximum absolute atomic E-state index is 5.69. The van der Waals surface area contributed by atoms with E-state index in [1.54, 1.807) is 18.2 Å². The van der Waals surface area contributed by atoms with Crippen molar-refractivity contribution < 1.29 is 4.74 Å². The van der Waals surface area contributed by atoms with Crippen molar-refractivity contribution in [2.75, 3.05) is 6.61 Å². The van der Waals surface area contributed by atoms with E-state index in [-0.39, 0.29) is 0 Å². The van der Waals surface area contributed by atoms with E-state index in [0.29, 0.717) is 6.61 Å². The Morgan fingerprint density at radius 1 is 1.33 bits per heavy atom. The summed E-state index contributed by atoms with van der Waals surface area (Å²) in [5, 5.41) is 0.718. The Bertz CT molecular complexity index is 241. The molecule has 12 heavy (non-hydrogen) atoms. The first-order valence-corrected chi connectivity index (χ1v) is 4.03. The first-order valence-electron chi connectivity index (χ1n) is 3.65. The van der Waals surface area contributed by atoms with Gasteiger partial charge in [0.05, 0.1) is 6.61 Å². The molecule has 0 saturated heterocycles. The van der Waals surface area contributed by atoms with E-state index in [4.69, 9.17) is 16.3 Å². The van der Waals surface area contributed by atoms with Crippen molar-refractivity contribution in [1.29, 1.82) is 0 Å². The molecule has 0 aromatic heterocycles. The molecule has 0 aliphatic heterocycles. The van der Waals surface area contributed by atoms with E-state index in [9.17, 15) is 0 Å². The molecule has 0 unspecified atom stereocenters. The SMILES string of the molecule is C=C[CH]COc1ccc(Cl)cc1. The average Bonchev–Trinajstić information content (AvgIpc) is 2.09. The van der Waals surface area contributed by atoms with Gasteiger partial charge in [-0.15, -0.1) is 6.58 Å². The number of benzene rings is 1. The molecule has 1 rings (SSSR count). The van der Waals surface area contributed by atoms with Gasteiger partial charge in [-0.3, -0.25) is 0 Å². The summed E-state index contributed by atoms with van der Waals surface area (Å²) in [6.45, 7) is 4.10. The Morgan fingerprint density at radius 2 is 2.00 bits per heavy atom. The Labute approximate surface area is 77.6 Å². The quantitative estimate of drug-likeness (QED) is 0.649. The normalized spacial score (nSPS) is 9.42. The molecule has 0 amide bonds. The summed E-state index contributed by atoms with van der Waals surface area (Å²) in [4.78, 5) is 0. The summed E-state index contributed by atoms with van der Waals surface area (Å²) in [5.41, 5.74) is 0. The molecule has 0 fully saturated rings. The van der Waals surface area contributed by atoms with E-state index in [1.807, 2.05) is 18.6 Å². The fourth-order valence-electron chi connectivity index (χ4n) is 0.743. The van der Waals surface area contributed by atoms with Crippen molar-refractivity contribution in [3.05, 3.63) is 48.4 Å². The highest BCUT2D eigenvalue weighted by Gasteiger charge is 1.91. The molecule has 0 aliphatic carbocycles. The predicted octanol–water partition coefficient (Wildman–Crippen LogP) is 3.11. The van der Waals surface area contributed by atoms with Crippen LogP contribution in [0.4, 0.5) is 0 Å². The lowest BCUT2D eigenvalue weighted by molar-refractivity contribution is 0.353. The van der Waals surface area contributed by atoms with Gasteiger partial charge in [0.15, 0.2) is 0 Å². The first-order chi connectivity index (χ1) is 5.83. The fraction of sp³-hybridized carbons (Fsp3) is 0.100. The van der Waals surface area contributed by atoms with E-state index in [2.05, 4.69) is 6.58 Å². The minimum Gasteiger partial charge on any atom is -0.493 e. The van der Waals surface area contributed by atoms with Crippen LogP contribution in [0.25, 0.3) is 0 Å². The van der Waals surface area contributed by atoms with Gasteiger partial charge in [-0.25, -0.2) is 0 Å². The van der Waals surface area contributed by atoms with Gasteiger partial charge in [0, 0.05) is 11.4 Å². The molecule has 0 saturated carbocycles. The number of halogens is 1. The number of hydrogen-bond donors (Lipinski definition) is 0. The van der Waals surface area contributed by atoms with Crippen LogP contribution in [0, 0.1) is 6.42 Å². The van der Waals surface area contributed by atoms with Crippen LogP contribution < -0.4 is 4.74 Å². The van der Waals surface area contributed by atoms with Gasteiger partial charge in [0.25, 0.3) is 0 Å². The molecule has 1 nitrogen and oxygen atoms in total. The van der Waals surface area contributed by atoms with E-state index < -0.39 is 0 Å². The van der Waals surface area contributed by atoms with Gasteiger partial charge in [-0.1, -0.05) is 17.7 Å². The van der Waals surface area contributed by atoms with Crippen molar-refractivity contribution in [3.63, 3.8) is 0 Å². The van der Waals surface area contributed by atoms with Crippen molar-refractivity contribution in [2.45, 2.75) is 0 Å². The molecule has 2 heteroatoms. The second kappa shape index (κ2) is 4.83. The van der Waals surface area contributed by atoms with Crippen molar-refractivity contribution >= 4 is 11.6 Å². The van der Waals surface area contributed by atoms with Gasteiger partial charge in [-0.05, 0) is 24.3 Å². The van der Waals surface area contributed by atoms with Gasteiger partial charge in [-0.2, -0.15) is 0 Å². The Balaban J connectivity index is 2.42. The van der Waals surface area contributed by atoms with Crippen LogP contribution in [0.2, 0.25) is 5.02 Å². The van der Waals surface area contributed by atoms with Crippen molar-refractivity contribution in [2.24, 2.45) is 0 Å². The third-order valence-electron chi connectivity index (χ3n) is 1.33. The number of rotatable bonds is 4. The number of ether oxygens (including phenoxy) is 1. The average molecular weight is 182 g/mol. The second-order valence-corrected chi connectivity index (χ2v) is 2.67. The van der Waals surface area contributed by atoms with Crippen molar-refractivity contribution in [3.8, 4) is 5.75 Å². The summed E-state index contributed by atoms with van der Waals surface area (Å²) in [6.07, 6.45) is 3.55. The summed E-state index contributed by atoms with van der Waals surface area (Å²) in [7, 11) is 0. The van der Waals surface area contributed by atoms with E-state index in [0.717, 1.165) is 10.8 Å². The summed E-state index contributed by atoms with van der Waals surface area (Å²) >= 11 is 5.69. The molecule has 63 valence electrons. The lowest BCUT2D eigenvalue weighted by atomic mass is 10.3. The summed E-state index contributed by atoms with van der Waals surface area (Å²) < 4.78 is 5.32. The highest BCUT2D eigenvalue weighted by Crippen LogP contribution is 2.15. The van der Waals surface area contributed by atoms with Crippen LogP contribution in [-0.2, 0) is 0 Å². The van der Waals surface area contributed by atoms with Gasteiger partial charge in [0.1, 0.15) is 5.75 Å².